The maximum Gasteiger partial charge on any atom is 0.307 e. The average Bonchev–Trinajstić information content (AvgIpc) is 2.14. The number of nitrogens with one attached hydrogen (secondary N) is 1. The van der Waals surface area contributed by atoms with Crippen LogP contribution in [-0.4, -0.2) is 34.9 Å². The summed E-state index contributed by atoms with van der Waals surface area (Å²) in [5.74, 6) is -1.22. The first-order chi connectivity index (χ1) is 7.20. The van der Waals surface area contributed by atoms with E-state index in [-0.39, 0.29) is 24.1 Å². The van der Waals surface area contributed by atoms with Crippen LogP contribution in [0.25, 0.3) is 0 Å². The minimum atomic E-state index is -0.795. The highest BCUT2D eigenvalue weighted by molar-refractivity contribution is 5.70. The lowest BCUT2D eigenvalue weighted by Gasteiger charge is -2.34. The van der Waals surface area contributed by atoms with Crippen LogP contribution in [-0.2, 0) is 4.79 Å². The predicted molar refractivity (Wildman–Crippen MR) is 64.3 cm³/mol. The van der Waals surface area contributed by atoms with Crippen LogP contribution >= 0.6 is 0 Å². The number of hydrogen-bond acceptors (Lipinski definition) is 3. The van der Waals surface area contributed by atoms with Gasteiger partial charge >= 0.3 is 5.97 Å². The van der Waals surface area contributed by atoms with Gasteiger partial charge in [0.2, 0.25) is 0 Å². The maximum absolute atomic E-state index is 10.8. The summed E-state index contributed by atoms with van der Waals surface area (Å²) in [6, 6.07) is 0.0163. The Kier molecular flexibility index (Phi) is 5.97. The Hall–Kier alpha value is -0.610. The van der Waals surface area contributed by atoms with Crippen molar-refractivity contribution in [1.82, 2.24) is 5.32 Å². The Bertz CT molecular complexity index is 223. The van der Waals surface area contributed by atoms with Crippen LogP contribution in [0.2, 0.25) is 0 Å². The zero-order chi connectivity index (χ0) is 12.9. The average molecular weight is 231 g/mol. The summed E-state index contributed by atoms with van der Waals surface area (Å²) in [4.78, 5) is 10.8. The SMILES string of the molecule is CC(NC(CCO)C(C)(C)C)C(C)C(=O)O. The molecule has 0 amide bonds. The normalized spacial score (nSPS) is 17.9. The molecule has 3 atom stereocenters. The summed E-state index contributed by atoms with van der Waals surface area (Å²) in [5.41, 5.74) is 0.00914. The molecule has 0 radical (unpaired) electrons. The molecule has 0 aromatic rings. The Morgan fingerprint density at radius 2 is 1.81 bits per heavy atom. The third-order valence-corrected chi connectivity index (χ3v) is 3.07. The lowest BCUT2D eigenvalue weighted by Crippen LogP contribution is -2.48. The zero-order valence-corrected chi connectivity index (χ0v) is 10.9. The number of rotatable bonds is 6. The van der Waals surface area contributed by atoms with Gasteiger partial charge < -0.3 is 15.5 Å². The molecule has 3 N–H and O–H groups in total. The van der Waals surface area contributed by atoms with E-state index in [1.165, 1.54) is 0 Å². The number of hydrogen-bond donors (Lipinski definition) is 3. The molecule has 0 aliphatic heterocycles. The number of carbonyl (C=O) groups is 1. The van der Waals surface area contributed by atoms with Crippen molar-refractivity contribution in [1.29, 1.82) is 0 Å². The van der Waals surface area contributed by atoms with Crippen molar-refractivity contribution in [2.75, 3.05) is 6.61 Å². The topological polar surface area (TPSA) is 69.6 Å². The monoisotopic (exact) mass is 231 g/mol. The van der Waals surface area contributed by atoms with E-state index < -0.39 is 11.9 Å². The zero-order valence-electron chi connectivity index (χ0n) is 10.9. The van der Waals surface area contributed by atoms with E-state index in [2.05, 4.69) is 26.1 Å². The highest BCUT2D eigenvalue weighted by Gasteiger charge is 2.28. The van der Waals surface area contributed by atoms with Gasteiger partial charge in [0.1, 0.15) is 0 Å². The quantitative estimate of drug-likeness (QED) is 0.647. The number of carboxylic acid groups (broad SMARTS) is 1. The largest absolute Gasteiger partial charge is 0.481 e. The van der Waals surface area contributed by atoms with Crippen LogP contribution < -0.4 is 5.32 Å². The van der Waals surface area contributed by atoms with Crippen molar-refractivity contribution in [3.8, 4) is 0 Å². The van der Waals surface area contributed by atoms with Gasteiger partial charge in [0.15, 0.2) is 0 Å². The third-order valence-electron chi connectivity index (χ3n) is 3.07. The van der Waals surface area contributed by atoms with E-state index in [0.29, 0.717) is 6.42 Å². The Labute approximate surface area is 98.1 Å². The van der Waals surface area contributed by atoms with E-state index in [1.54, 1.807) is 6.92 Å². The molecule has 0 aliphatic rings. The van der Waals surface area contributed by atoms with E-state index in [1.807, 2.05) is 6.92 Å². The van der Waals surface area contributed by atoms with Crippen molar-refractivity contribution in [3.05, 3.63) is 0 Å². The predicted octanol–water partition coefficient (Wildman–Crippen LogP) is 1.48. The lowest BCUT2D eigenvalue weighted by atomic mass is 9.84. The van der Waals surface area contributed by atoms with Gasteiger partial charge in [0.25, 0.3) is 0 Å². The van der Waals surface area contributed by atoms with Crippen LogP contribution in [0.1, 0.15) is 41.0 Å². The first-order valence-corrected chi connectivity index (χ1v) is 5.79. The Morgan fingerprint density at radius 1 is 1.31 bits per heavy atom. The molecule has 0 fully saturated rings. The van der Waals surface area contributed by atoms with Gasteiger partial charge in [-0.25, -0.2) is 0 Å². The standard InChI is InChI=1S/C12H25NO3/c1-8(11(15)16)9(2)13-10(6-7-14)12(3,4)5/h8-10,13-14H,6-7H2,1-5H3,(H,15,16). The molecule has 0 heterocycles. The molecule has 0 aromatic heterocycles. The minimum Gasteiger partial charge on any atom is -0.481 e. The van der Waals surface area contributed by atoms with Gasteiger partial charge in [0.05, 0.1) is 5.92 Å². The number of aliphatic carboxylic acids is 1. The summed E-state index contributed by atoms with van der Waals surface area (Å²) in [6.45, 7) is 9.92. The van der Waals surface area contributed by atoms with E-state index in [9.17, 15) is 4.79 Å². The number of aliphatic hydroxyl groups is 1. The van der Waals surface area contributed by atoms with Crippen LogP contribution in [0.3, 0.4) is 0 Å². The molecule has 4 heteroatoms. The first kappa shape index (κ1) is 15.4. The molecule has 3 unspecified atom stereocenters. The number of aliphatic hydroxyl groups excluding tert-OH is 1. The van der Waals surface area contributed by atoms with Crippen molar-refractivity contribution < 1.29 is 15.0 Å². The summed E-state index contributed by atoms with van der Waals surface area (Å²) < 4.78 is 0. The second-order valence-electron chi connectivity index (χ2n) is 5.51. The fourth-order valence-corrected chi connectivity index (χ4v) is 1.57. The third kappa shape index (κ3) is 4.94. The van der Waals surface area contributed by atoms with E-state index >= 15 is 0 Å². The summed E-state index contributed by atoms with van der Waals surface area (Å²) in [6.07, 6.45) is 0.639. The van der Waals surface area contributed by atoms with Crippen LogP contribution in [0.4, 0.5) is 0 Å². The molecule has 0 spiro atoms. The molecule has 0 bridgehead atoms. The smallest absolute Gasteiger partial charge is 0.307 e. The fourth-order valence-electron chi connectivity index (χ4n) is 1.57. The molecule has 0 rings (SSSR count). The van der Waals surface area contributed by atoms with Gasteiger partial charge in [-0.3, -0.25) is 4.79 Å². The van der Waals surface area contributed by atoms with Crippen molar-refractivity contribution in [2.45, 2.75) is 53.1 Å². The van der Waals surface area contributed by atoms with Crippen molar-refractivity contribution in [3.63, 3.8) is 0 Å². The minimum absolute atomic E-state index is 0.00914. The molecule has 0 saturated carbocycles. The highest BCUT2D eigenvalue weighted by atomic mass is 16.4. The van der Waals surface area contributed by atoms with Crippen LogP contribution in [0.5, 0.6) is 0 Å². The Morgan fingerprint density at radius 3 is 2.12 bits per heavy atom. The number of carboxylic acids is 1. The Balaban J connectivity index is 4.46. The summed E-state index contributed by atoms with van der Waals surface area (Å²) >= 11 is 0. The molecule has 0 aromatic carbocycles. The van der Waals surface area contributed by atoms with E-state index in [4.69, 9.17) is 10.2 Å². The van der Waals surface area contributed by atoms with Gasteiger partial charge in [-0.1, -0.05) is 27.7 Å². The molecular weight excluding hydrogens is 206 g/mol. The summed E-state index contributed by atoms with van der Waals surface area (Å²) in [7, 11) is 0. The van der Waals surface area contributed by atoms with Crippen molar-refractivity contribution >= 4 is 5.97 Å². The molecular formula is C12H25NO3. The van der Waals surface area contributed by atoms with Gasteiger partial charge in [0, 0.05) is 18.7 Å². The van der Waals surface area contributed by atoms with Crippen LogP contribution in [0.15, 0.2) is 0 Å². The second-order valence-corrected chi connectivity index (χ2v) is 5.51. The molecule has 16 heavy (non-hydrogen) atoms. The van der Waals surface area contributed by atoms with Gasteiger partial charge in [-0.05, 0) is 18.8 Å². The maximum atomic E-state index is 10.8. The lowest BCUT2D eigenvalue weighted by molar-refractivity contribution is -0.142. The molecule has 0 saturated heterocycles. The molecule has 4 nitrogen and oxygen atoms in total. The molecule has 0 aliphatic carbocycles. The molecule has 96 valence electrons. The van der Waals surface area contributed by atoms with Gasteiger partial charge in [-0.15, -0.1) is 0 Å². The van der Waals surface area contributed by atoms with Crippen LogP contribution in [0, 0.1) is 11.3 Å². The van der Waals surface area contributed by atoms with E-state index in [0.717, 1.165) is 0 Å². The van der Waals surface area contributed by atoms with Crippen molar-refractivity contribution in [2.24, 2.45) is 11.3 Å². The second kappa shape index (κ2) is 6.21. The van der Waals surface area contributed by atoms with Gasteiger partial charge in [-0.2, -0.15) is 0 Å². The summed E-state index contributed by atoms with van der Waals surface area (Å²) in [5, 5.41) is 21.2. The fraction of sp³-hybridized carbons (Fsp3) is 0.917. The highest BCUT2D eigenvalue weighted by Crippen LogP contribution is 2.23. The first-order valence-electron chi connectivity index (χ1n) is 5.79.